The maximum Gasteiger partial charge on any atom is 0.228 e. The number of rotatable bonds is 4. The van der Waals surface area contributed by atoms with Gasteiger partial charge in [0, 0.05) is 54.1 Å². The van der Waals surface area contributed by atoms with Crippen molar-refractivity contribution in [2.75, 3.05) is 20.1 Å². The average molecular weight is 350 g/mol. The molecule has 2 heterocycles. The zero-order valence-corrected chi connectivity index (χ0v) is 14.1. The molecule has 0 bridgehead atoms. The van der Waals surface area contributed by atoms with Crippen molar-refractivity contribution in [2.45, 2.75) is 18.9 Å². The predicted octanol–water partition coefficient (Wildman–Crippen LogP) is 1.32. The second-order valence-corrected chi connectivity index (χ2v) is 6.64. The third kappa shape index (κ3) is 3.55. The van der Waals surface area contributed by atoms with Crippen molar-refractivity contribution in [1.82, 2.24) is 15.2 Å². The fraction of sp³-hybridized carbons (Fsp3) is 0.412. The van der Waals surface area contributed by atoms with Crippen LogP contribution in [0.25, 0.3) is 10.9 Å². The van der Waals surface area contributed by atoms with Crippen molar-refractivity contribution < 1.29 is 14.7 Å². The number of benzene rings is 1. The molecule has 2 amide bonds. The van der Waals surface area contributed by atoms with Crippen LogP contribution in [0.15, 0.2) is 24.3 Å². The number of aliphatic hydroxyl groups is 1. The van der Waals surface area contributed by atoms with Crippen LogP contribution in [0.2, 0.25) is 5.02 Å². The molecule has 128 valence electrons. The van der Waals surface area contributed by atoms with E-state index in [-0.39, 0.29) is 37.1 Å². The molecule has 1 aromatic heterocycles. The number of likely N-dealkylation sites (tertiary alicyclic amines) is 1. The lowest BCUT2D eigenvalue weighted by atomic mass is 10.0. The Morgan fingerprint density at radius 2 is 2.17 bits per heavy atom. The van der Waals surface area contributed by atoms with E-state index in [2.05, 4.69) is 10.3 Å². The summed E-state index contributed by atoms with van der Waals surface area (Å²) < 4.78 is 0. The van der Waals surface area contributed by atoms with Gasteiger partial charge in [-0.05, 0) is 24.3 Å². The summed E-state index contributed by atoms with van der Waals surface area (Å²) in [5.74, 6) is -0.401. The number of β-amino-alcohol motifs (C(OH)–C–C–N with tert-alkyl or cyclic N) is 1. The molecule has 2 aromatic rings. The summed E-state index contributed by atoms with van der Waals surface area (Å²) in [6, 6.07) is 7.44. The largest absolute Gasteiger partial charge is 0.391 e. The molecular formula is C17H20ClN3O3. The van der Waals surface area contributed by atoms with Crippen LogP contribution in [0.4, 0.5) is 0 Å². The molecule has 3 N–H and O–H groups in total. The van der Waals surface area contributed by atoms with Crippen LogP contribution < -0.4 is 5.32 Å². The van der Waals surface area contributed by atoms with E-state index in [0.717, 1.165) is 16.6 Å². The highest BCUT2D eigenvalue weighted by Crippen LogP contribution is 2.23. The Morgan fingerprint density at radius 3 is 2.92 bits per heavy atom. The quantitative estimate of drug-likeness (QED) is 0.778. The molecule has 1 fully saturated rings. The van der Waals surface area contributed by atoms with Gasteiger partial charge >= 0.3 is 0 Å². The van der Waals surface area contributed by atoms with Crippen LogP contribution in [0.3, 0.4) is 0 Å². The van der Waals surface area contributed by atoms with Crippen LogP contribution in [0.1, 0.15) is 12.1 Å². The highest BCUT2D eigenvalue weighted by Gasteiger charge is 2.35. The van der Waals surface area contributed by atoms with Gasteiger partial charge in [0.15, 0.2) is 0 Å². The van der Waals surface area contributed by atoms with E-state index in [1.807, 2.05) is 18.2 Å². The Hall–Kier alpha value is -2.05. The first-order valence-corrected chi connectivity index (χ1v) is 8.27. The number of halogens is 1. The number of H-pyrrole nitrogens is 1. The maximum absolute atomic E-state index is 12.5. The molecule has 6 nitrogen and oxygen atoms in total. The maximum atomic E-state index is 12.5. The van der Waals surface area contributed by atoms with Crippen molar-refractivity contribution >= 4 is 34.3 Å². The molecule has 0 spiro atoms. The second kappa shape index (κ2) is 6.83. The van der Waals surface area contributed by atoms with Gasteiger partial charge in [-0.15, -0.1) is 0 Å². The summed E-state index contributed by atoms with van der Waals surface area (Å²) in [6.07, 6.45) is -0.203. The molecule has 2 atom stereocenters. The number of aromatic nitrogens is 1. The van der Waals surface area contributed by atoms with Gasteiger partial charge in [-0.25, -0.2) is 0 Å². The first-order chi connectivity index (χ1) is 11.5. The van der Waals surface area contributed by atoms with Gasteiger partial charge in [-0.2, -0.15) is 0 Å². The van der Waals surface area contributed by atoms with Crippen LogP contribution in [0.5, 0.6) is 0 Å². The summed E-state index contributed by atoms with van der Waals surface area (Å²) in [4.78, 5) is 28.8. The number of fused-ring (bicyclic) bond motifs is 1. The molecule has 0 unspecified atom stereocenters. The number of hydrogen-bond acceptors (Lipinski definition) is 3. The molecule has 0 radical (unpaired) electrons. The molecule has 24 heavy (non-hydrogen) atoms. The van der Waals surface area contributed by atoms with E-state index in [4.69, 9.17) is 11.6 Å². The van der Waals surface area contributed by atoms with Gasteiger partial charge in [0.1, 0.15) is 0 Å². The van der Waals surface area contributed by atoms with Crippen LogP contribution in [-0.4, -0.2) is 53.0 Å². The Kier molecular flexibility index (Phi) is 4.78. The number of hydrogen-bond donors (Lipinski definition) is 3. The van der Waals surface area contributed by atoms with E-state index in [0.29, 0.717) is 11.6 Å². The molecule has 3 rings (SSSR count). The molecule has 1 aromatic carbocycles. The zero-order chi connectivity index (χ0) is 17.3. The number of carbonyl (C=O) groups excluding carboxylic acids is 2. The van der Waals surface area contributed by atoms with Gasteiger partial charge < -0.3 is 20.3 Å². The Bertz CT molecular complexity index is 774. The minimum atomic E-state index is -0.659. The summed E-state index contributed by atoms with van der Waals surface area (Å²) in [5, 5.41) is 14.2. The monoisotopic (exact) mass is 349 g/mol. The second-order valence-electron chi connectivity index (χ2n) is 6.21. The standard InChI is InChI=1S/C17H20ClN3O3/c1-19-16(23)6-11-8-21(9-15(11)22)17(24)7-13-5-10-4-12(18)2-3-14(10)20-13/h2-5,11,15,20,22H,6-9H2,1H3,(H,19,23)/t11-,15-/m1/s1. The third-order valence-corrected chi connectivity index (χ3v) is 4.70. The van der Waals surface area contributed by atoms with E-state index in [1.54, 1.807) is 18.0 Å². The molecular weight excluding hydrogens is 330 g/mol. The van der Waals surface area contributed by atoms with E-state index in [1.165, 1.54) is 0 Å². The van der Waals surface area contributed by atoms with Gasteiger partial charge in [0.2, 0.25) is 11.8 Å². The molecule has 0 saturated carbocycles. The Morgan fingerprint density at radius 1 is 1.38 bits per heavy atom. The number of aromatic amines is 1. The summed E-state index contributed by atoms with van der Waals surface area (Å²) in [6.45, 7) is 0.673. The van der Waals surface area contributed by atoms with E-state index in [9.17, 15) is 14.7 Å². The number of nitrogens with one attached hydrogen (secondary N) is 2. The van der Waals surface area contributed by atoms with Gasteiger partial charge in [-0.3, -0.25) is 9.59 Å². The van der Waals surface area contributed by atoms with Crippen LogP contribution >= 0.6 is 11.6 Å². The average Bonchev–Trinajstić information content (AvgIpc) is 3.10. The lowest BCUT2D eigenvalue weighted by Crippen LogP contribution is -2.31. The normalized spacial score (nSPS) is 20.5. The lowest BCUT2D eigenvalue weighted by Gasteiger charge is -2.15. The van der Waals surface area contributed by atoms with Crippen molar-refractivity contribution in [1.29, 1.82) is 0 Å². The van der Waals surface area contributed by atoms with Crippen molar-refractivity contribution in [2.24, 2.45) is 5.92 Å². The number of aliphatic hydroxyl groups excluding tert-OH is 1. The third-order valence-electron chi connectivity index (χ3n) is 4.47. The highest BCUT2D eigenvalue weighted by molar-refractivity contribution is 6.31. The molecule has 1 aliphatic heterocycles. The minimum Gasteiger partial charge on any atom is -0.391 e. The first-order valence-electron chi connectivity index (χ1n) is 7.90. The van der Waals surface area contributed by atoms with Crippen molar-refractivity contribution in [3.05, 3.63) is 35.0 Å². The summed E-state index contributed by atoms with van der Waals surface area (Å²) >= 11 is 5.97. The molecule has 1 aliphatic rings. The fourth-order valence-electron chi connectivity index (χ4n) is 3.13. The van der Waals surface area contributed by atoms with E-state index < -0.39 is 6.10 Å². The smallest absolute Gasteiger partial charge is 0.228 e. The molecule has 1 saturated heterocycles. The predicted molar refractivity (Wildman–Crippen MR) is 91.8 cm³/mol. The molecule has 0 aliphatic carbocycles. The number of amides is 2. The fourth-order valence-corrected chi connectivity index (χ4v) is 3.31. The molecule has 7 heteroatoms. The minimum absolute atomic E-state index is 0.0638. The van der Waals surface area contributed by atoms with E-state index >= 15 is 0 Å². The number of carbonyl (C=O) groups is 2. The highest BCUT2D eigenvalue weighted by atomic mass is 35.5. The summed E-state index contributed by atoms with van der Waals surface area (Å²) in [7, 11) is 1.56. The topological polar surface area (TPSA) is 85.4 Å². The van der Waals surface area contributed by atoms with Crippen molar-refractivity contribution in [3.8, 4) is 0 Å². The number of nitrogens with zero attached hydrogens (tertiary/aromatic N) is 1. The van der Waals surface area contributed by atoms with Crippen LogP contribution in [0, 0.1) is 5.92 Å². The Labute approximate surface area is 144 Å². The van der Waals surface area contributed by atoms with Crippen LogP contribution in [-0.2, 0) is 16.0 Å². The SMILES string of the molecule is CNC(=O)C[C@@H]1CN(C(=O)Cc2cc3cc(Cl)ccc3[nH]2)C[C@H]1O. The summed E-state index contributed by atoms with van der Waals surface area (Å²) in [5.41, 5.74) is 1.74. The first kappa shape index (κ1) is 16.8. The van der Waals surface area contributed by atoms with Gasteiger partial charge in [0.25, 0.3) is 0 Å². The lowest BCUT2D eigenvalue weighted by molar-refractivity contribution is -0.130. The van der Waals surface area contributed by atoms with Crippen molar-refractivity contribution in [3.63, 3.8) is 0 Å². The Balaban J connectivity index is 1.65. The van der Waals surface area contributed by atoms with Gasteiger partial charge in [-0.1, -0.05) is 11.6 Å². The zero-order valence-electron chi connectivity index (χ0n) is 13.4. The van der Waals surface area contributed by atoms with Gasteiger partial charge in [0.05, 0.1) is 12.5 Å².